The third-order valence-electron chi connectivity index (χ3n) is 32.2. The van der Waals surface area contributed by atoms with Crippen LogP contribution in [0.2, 0.25) is 0 Å². The van der Waals surface area contributed by atoms with Crippen molar-refractivity contribution in [2.45, 2.75) is 136 Å². The lowest BCUT2D eigenvalue weighted by atomic mass is 9.30. The summed E-state index contributed by atoms with van der Waals surface area (Å²) in [7, 11) is 0. The SMILES string of the molecule is CC(C)(C)c1cc(-c2cc3c4c(c2)N(c2c(-c5ccccc5)cc(C(C)(C)C)cc2-c2ccccc2)c2cc5c(cc2B4c2ccccc2N3c2c(-c3ccccc3)cc(C(C)(C)C)cc2-c2ccccc2)B2c3ccccc3N(c3c(-c4ccccc4)cc(C(C)(C)C)cc3-c3ccccc3)c3c2c(cc2cc(-c4cccc6c4C4(c7ccccc7-c7ccccc74)c4ccccc4-6)ccc32)O5)cc(C(C)(C)C)c1. The number of anilines is 9. The van der Waals surface area contributed by atoms with Gasteiger partial charge in [0.15, 0.2) is 0 Å². The van der Waals surface area contributed by atoms with Crippen molar-refractivity contribution < 1.29 is 4.74 Å². The van der Waals surface area contributed by atoms with Crippen molar-refractivity contribution in [3.63, 3.8) is 0 Å². The molecular formula is C139H115B2N3O. The average Bonchev–Trinajstić information content (AvgIpc) is 1.51. The van der Waals surface area contributed by atoms with E-state index in [0.29, 0.717) is 0 Å². The van der Waals surface area contributed by atoms with Gasteiger partial charge in [0, 0.05) is 73.3 Å². The number of hydrogen-bond donors (Lipinski definition) is 0. The molecule has 0 fully saturated rings. The molecule has 4 heterocycles. The molecule has 0 bridgehead atoms. The molecule has 0 atom stereocenters. The quantitative estimate of drug-likeness (QED) is 0.120. The first-order chi connectivity index (χ1) is 70.1. The van der Waals surface area contributed by atoms with E-state index in [1.165, 1.54) is 99.7 Å². The van der Waals surface area contributed by atoms with Crippen LogP contribution in [0.1, 0.15) is 154 Å². The predicted molar refractivity (Wildman–Crippen MR) is 617 cm³/mol. The highest BCUT2D eigenvalue weighted by atomic mass is 16.5. The van der Waals surface area contributed by atoms with Crippen LogP contribution in [0.5, 0.6) is 11.5 Å². The summed E-state index contributed by atoms with van der Waals surface area (Å²) in [5, 5.41) is 2.19. The molecule has 20 aromatic rings. The summed E-state index contributed by atoms with van der Waals surface area (Å²) >= 11 is 0. The molecule has 0 radical (unpaired) electrons. The van der Waals surface area contributed by atoms with Crippen LogP contribution in [0.3, 0.4) is 0 Å². The molecule has 0 N–H and O–H groups in total. The van der Waals surface area contributed by atoms with E-state index in [2.05, 4.69) is 543 Å². The molecule has 26 rings (SSSR count). The van der Waals surface area contributed by atoms with Gasteiger partial charge in [0.25, 0.3) is 13.4 Å². The van der Waals surface area contributed by atoms with Gasteiger partial charge in [0.2, 0.25) is 0 Å². The summed E-state index contributed by atoms with van der Waals surface area (Å²) < 4.78 is 8.59. The number of fused-ring (bicyclic) bond motifs is 20. The number of ether oxygens (including phenoxy) is 1. The van der Waals surface area contributed by atoms with E-state index in [1.54, 1.807) is 0 Å². The highest BCUT2D eigenvalue weighted by Gasteiger charge is 2.55. The maximum absolute atomic E-state index is 8.59. The molecule has 4 aliphatic heterocycles. The largest absolute Gasteiger partial charge is 0.458 e. The van der Waals surface area contributed by atoms with Crippen molar-refractivity contribution in [2.24, 2.45) is 0 Å². The van der Waals surface area contributed by atoms with Gasteiger partial charge in [-0.25, -0.2) is 0 Å². The second-order valence-corrected chi connectivity index (χ2v) is 46.2. The van der Waals surface area contributed by atoms with E-state index >= 15 is 0 Å². The monoisotopic (exact) mass is 1860 g/mol. The lowest BCUT2D eigenvalue weighted by Gasteiger charge is -2.47. The first-order valence-electron chi connectivity index (χ1n) is 51.8. The molecular weight excluding hydrogens is 1750 g/mol. The van der Waals surface area contributed by atoms with Crippen molar-refractivity contribution in [3.05, 3.63) is 475 Å². The molecule has 4 nitrogen and oxygen atoms in total. The van der Waals surface area contributed by atoms with Crippen molar-refractivity contribution in [3.8, 4) is 123 Å². The zero-order chi connectivity index (χ0) is 98.8. The van der Waals surface area contributed by atoms with Crippen molar-refractivity contribution in [1.29, 1.82) is 0 Å². The minimum absolute atomic E-state index is 0.208. The first kappa shape index (κ1) is 89.1. The van der Waals surface area contributed by atoms with Crippen molar-refractivity contribution >= 4 is 108 Å². The van der Waals surface area contributed by atoms with Crippen LogP contribution < -0.4 is 52.2 Å². The van der Waals surface area contributed by atoms with Gasteiger partial charge in [0.1, 0.15) is 11.5 Å². The summed E-state index contributed by atoms with van der Waals surface area (Å²) in [5.41, 5.74) is 50.0. The second-order valence-electron chi connectivity index (χ2n) is 46.2. The molecule has 0 saturated carbocycles. The van der Waals surface area contributed by atoms with Gasteiger partial charge < -0.3 is 19.4 Å². The lowest BCUT2D eigenvalue weighted by molar-refractivity contribution is 0.488. The van der Waals surface area contributed by atoms with Gasteiger partial charge in [-0.3, -0.25) is 0 Å². The Bertz CT molecular complexity index is 8450. The highest BCUT2D eigenvalue weighted by Crippen LogP contribution is 2.66. The number of rotatable bonds is 11. The molecule has 6 heteroatoms. The van der Waals surface area contributed by atoms with Gasteiger partial charge in [-0.15, -0.1) is 0 Å². The Labute approximate surface area is 855 Å². The predicted octanol–water partition coefficient (Wildman–Crippen LogP) is 33.5. The zero-order valence-electron chi connectivity index (χ0n) is 85.3. The van der Waals surface area contributed by atoms with E-state index < -0.39 is 5.41 Å². The van der Waals surface area contributed by atoms with Gasteiger partial charge in [-0.05, 0) is 266 Å². The number of benzene rings is 20. The van der Waals surface area contributed by atoms with Crippen LogP contribution >= 0.6 is 0 Å². The van der Waals surface area contributed by atoms with E-state index in [4.69, 9.17) is 4.74 Å². The summed E-state index contributed by atoms with van der Waals surface area (Å²) in [6, 6.07) is 164. The summed E-state index contributed by atoms with van der Waals surface area (Å²) in [6.45, 7) is 34.8. The molecule has 0 saturated heterocycles. The maximum Gasteiger partial charge on any atom is 0.256 e. The third kappa shape index (κ3) is 14.1. The van der Waals surface area contributed by atoms with E-state index in [-0.39, 0.29) is 40.5 Å². The van der Waals surface area contributed by atoms with Crippen LogP contribution in [-0.4, -0.2) is 13.4 Å². The summed E-state index contributed by atoms with van der Waals surface area (Å²) in [4.78, 5) is 8.18. The molecule has 0 amide bonds. The fraction of sp³-hybridized carbons (Fsp3) is 0.151. The van der Waals surface area contributed by atoms with E-state index in [0.717, 1.165) is 168 Å². The molecule has 1 spiro atoms. The topological polar surface area (TPSA) is 19.0 Å². The molecule has 20 aromatic carbocycles. The Kier molecular flexibility index (Phi) is 20.3. The molecule has 2 aliphatic carbocycles. The summed E-state index contributed by atoms with van der Waals surface area (Å²) in [6.07, 6.45) is 0. The molecule has 0 unspecified atom stereocenters. The average molecular weight is 1870 g/mol. The normalized spacial score (nSPS) is 13.8. The third-order valence-corrected chi connectivity index (χ3v) is 32.2. The first-order valence-corrected chi connectivity index (χ1v) is 51.8. The maximum atomic E-state index is 8.59. The second kappa shape index (κ2) is 33.0. The fourth-order valence-electron chi connectivity index (χ4n) is 25.0. The minimum atomic E-state index is -0.606. The zero-order valence-corrected chi connectivity index (χ0v) is 85.3. The Balaban J connectivity index is 0.811. The molecule has 698 valence electrons. The van der Waals surface area contributed by atoms with Gasteiger partial charge >= 0.3 is 0 Å². The Morgan fingerprint density at radius 2 is 0.531 bits per heavy atom. The van der Waals surface area contributed by atoms with Crippen LogP contribution in [-0.2, 0) is 32.5 Å². The van der Waals surface area contributed by atoms with Crippen LogP contribution in [0.15, 0.2) is 425 Å². The number of hydrogen-bond acceptors (Lipinski definition) is 4. The standard InChI is InChI=1S/C139H115B2N3O/c1-134(2,3)96-72-93(73-97(77-96)135(4,5)6)94-74-123-128-124(75-94)143(131-109(88-49-26-18-27-50-88)80-99(137(10,11)12)81-110(131)89-51-28-19-29-52-89)122-85-125-119(84-118(122)140(128)116-65-40-42-67-120(116)142(123)130-107(86-45-22-16-23-46-86)78-98(136(7,8)9)79-108(130)87-47-24-17-25-48-87)141-117-66-41-43-68-121(117)144(132-111(90-53-30-20-31-54-90)82-100(138(13,14)15)83-112(132)91-55-32-21-33-56-91)133-102-70-69-92(71-95(102)76-126(145-125)129(133)141)101-60-44-61-106-105-59-36-39-64-115(105)139(127(101)106)113-62-37-34-57-103(113)104-58-35-38-63-114(104)139/h16-85H,1-15H3. The molecule has 0 aromatic heterocycles. The number of nitrogens with zero attached hydrogens (tertiary/aromatic N) is 3. The molecule has 6 aliphatic rings. The Hall–Kier alpha value is -16.0. The van der Waals surface area contributed by atoms with E-state index in [1.807, 2.05) is 0 Å². The van der Waals surface area contributed by atoms with Gasteiger partial charge in [0.05, 0.1) is 28.2 Å². The Morgan fingerprint density at radius 1 is 0.200 bits per heavy atom. The van der Waals surface area contributed by atoms with Crippen LogP contribution in [0.25, 0.3) is 122 Å². The van der Waals surface area contributed by atoms with Crippen molar-refractivity contribution in [1.82, 2.24) is 0 Å². The van der Waals surface area contributed by atoms with Crippen molar-refractivity contribution in [2.75, 3.05) is 14.7 Å². The van der Waals surface area contributed by atoms with Gasteiger partial charge in [-0.2, -0.15) is 0 Å². The fourth-order valence-corrected chi connectivity index (χ4v) is 25.0. The van der Waals surface area contributed by atoms with E-state index in [9.17, 15) is 0 Å². The van der Waals surface area contributed by atoms with Crippen LogP contribution in [0.4, 0.5) is 51.2 Å². The van der Waals surface area contributed by atoms with Gasteiger partial charge in [-0.1, -0.05) is 450 Å². The number of para-hydroxylation sites is 2. The Morgan fingerprint density at radius 3 is 0.945 bits per heavy atom. The lowest BCUT2D eigenvalue weighted by Crippen LogP contribution is -2.64. The minimum Gasteiger partial charge on any atom is -0.458 e. The highest BCUT2D eigenvalue weighted by molar-refractivity contribution is 7.03. The smallest absolute Gasteiger partial charge is 0.256 e. The van der Waals surface area contributed by atoms with Crippen LogP contribution in [0, 0.1) is 0 Å². The summed E-state index contributed by atoms with van der Waals surface area (Å²) in [5.74, 6) is 1.62. The molecule has 145 heavy (non-hydrogen) atoms.